The lowest BCUT2D eigenvalue weighted by Gasteiger charge is -2.23. The number of carboxylic acids is 1. The maximum absolute atomic E-state index is 11.8. The minimum Gasteiger partial charge on any atom is -0.480 e. The monoisotopic (exact) mass is 229 g/mol. The molecule has 1 heterocycles. The summed E-state index contributed by atoms with van der Waals surface area (Å²) in [7, 11) is 0. The molecule has 1 fully saturated rings. The number of carbonyl (C=O) groups excluding carboxylic acids is 1. The number of carbonyl (C=O) groups is 2. The Morgan fingerprint density at radius 1 is 1.44 bits per heavy atom. The van der Waals surface area contributed by atoms with Crippen molar-refractivity contribution in [1.29, 1.82) is 0 Å². The molecule has 1 saturated heterocycles. The molecule has 92 valence electrons. The number of ether oxygens (including phenoxy) is 1. The molecule has 5 heteroatoms. The number of aliphatic carboxylic acids is 1. The highest BCUT2D eigenvalue weighted by Crippen LogP contribution is 2.15. The first-order valence-electron chi connectivity index (χ1n) is 5.76. The van der Waals surface area contributed by atoms with Gasteiger partial charge in [-0.2, -0.15) is 0 Å². The Kier molecular flexibility index (Phi) is 5.25. The van der Waals surface area contributed by atoms with E-state index >= 15 is 0 Å². The van der Waals surface area contributed by atoms with Crippen LogP contribution in [0.15, 0.2) is 0 Å². The van der Waals surface area contributed by atoms with Gasteiger partial charge in [0.2, 0.25) is 5.91 Å². The van der Waals surface area contributed by atoms with Gasteiger partial charge in [0.1, 0.15) is 6.04 Å². The normalized spacial score (nSPS) is 19.1. The van der Waals surface area contributed by atoms with E-state index in [9.17, 15) is 9.59 Å². The van der Waals surface area contributed by atoms with Gasteiger partial charge in [0, 0.05) is 19.1 Å². The molecule has 0 saturated carbocycles. The second kappa shape index (κ2) is 6.48. The third-order valence-corrected chi connectivity index (χ3v) is 2.78. The molecule has 1 aliphatic rings. The van der Waals surface area contributed by atoms with Crippen LogP contribution in [0.25, 0.3) is 0 Å². The van der Waals surface area contributed by atoms with E-state index < -0.39 is 12.0 Å². The lowest BCUT2D eigenvalue weighted by molar-refractivity contribution is -0.143. The van der Waals surface area contributed by atoms with Crippen molar-refractivity contribution in [3.8, 4) is 0 Å². The van der Waals surface area contributed by atoms with Crippen LogP contribution >= 0.6 is 0 Å². The van der Waals surface area contributed by atoms with Crippen LogP contribution in [0.5, 0.6) is 0 Å². The van der Waals surface area contributed by atoms with E-state index in [1.165, 1.54) is 0 Å². The molecule has 0 aliphatic carbocycles. The summed E-state index contributed by atoms with van der Waals surface area (Å²) >= 11 is 0. The number of amides is 1. The largest absolute Gasteiger partial charge is 0.480 e. The van der Waals surface area contributed by atoms with Crippen molar-refractivity contribution in [1.82, 2.24) is 5.32 Å². The van der Waals surface area contributed by atoms with Gasteiger partial charge in [0.15, 0.2) is 0 Å². The van der Waals surface area contributed by atoms with Crippen molar-refractivity contribution in [2.75, 3.05) is 13.2 Å². The second-order valence-electron chi connectivity index (χ2n) is 4.07. The Labute approximate surface area is 95.2 Å². The number of hydrogen-bond acceptors (Lipinski definition) is 3. The van der Waals surface area contributed by atoms with E-state index in [0.29, 0.717) is 32.5 Å². The maximum atomic E-state index is 11.8. The molecule has 1 unspecified atom stereocenters. The summed E-state index contributed by atoms with van der Waals surface area (Å²) in [5.74, 6) is -1.20. The predicted octanol–water partition coefficient (Wildman–Crippen LogP) is 0.782. The molecule has 1 amide bonds. The highest BCUT2D eigenvalue weighted by atomic mass is 16.5. The zero-order valence-corrected chi connectivity index (χ0v) is 9.57. The number of nitrogens with one attached hydrogen (secondary N) is 1. The van der Waals surface area contributed by atoms with E-state index in [-0.39, 0.29) is 11.8 Å². The van der Waals surface area contributed by atoms with E-state index in [0.717, 1.165) is 6.42 Å². The fraction of sp³-hybridized carbons (Fsp3) is 0.818. The minimum atomic E-state index is -0.956. The number of carboxylic acid groups (broad SMARTS) is 1. The summed E-state index contributed by atoms with van der Waals surface area (Å²) in [4.78, 5) is 22.6. The van der Waals surface area contributed by atoms with Gasteiger partial charge in [-0.05, 0) is 19.3 Å². The van der Waals surface area contributed by atoms with Gasteiger partial charge in [-0.1, -0.05) is 13.3 Å². The summed E-state index contributed by atoms with van der Waals surface area (Å²) in [5.41, 5.74) is 0. The van der Waals surface area contributed by atoms with Gasteiger partial charge in [-0.25, -0.2) is 4.79 Å². The molecule has 1 aliphatic heterocycles. The third kappa shape index (κ3) is 3.81. The van der Waals surface area contributed by atoms with E-state index in [1.807, 2.05) is 6.92 Å². The average molecular weight is 229 g/mol. The predicted molar refractivity (Wildman–Crippen MR) is 58.0 cm³/mol. The van der Waals surface area contributed by atoms with Crippen LogP contribution in [0.4, 0.5) is 0 Å². The number of hydrogen-bond donors (Lipinski definition) is 2. The molecule has 0 aromatic carbocycles. The highest BCUT2D eigenvalue weighted by Gasteiger charge is 2.25. The van der Waals surface area contributed by atoms with Gasteiger partial charge in [-0.15, -0.1) is 0 Å². The molecular formula is C11H19NO4. The van der Waals surface area contributed by atoms with Crippen molar-refractivity contribution in [2.45, 2.75) is 38.6 Å². The van der Waals surface area contributed by atoms with Crippen molar-refractivity contribution in [2.24, 2.45) is 5.92 Å². The molecule has 1 rings (SSSR count). The van der Waals surface area contributed by atoms with Crippen molar-refractivity contribution < 1.29 is 19.4 Å². The number of rotatable bonds is 5. The van der Waals surface area contributed by atoms with Crippen LogP contribution in [-0.2, 0) is 14.3 Å². The molecule has 2 N–H and O–H groups in total. The third-order valence-electron chi connectivity index (χ3n) is 2.78. The van der Waals surface area contributed by atoms with Gasteiger partial charge >= 0.3 is 5.97 Å². The lowest BCUT2D eigenvalue weighted by atomic mass is 9.98. The maximum Gasteiger partial charge on any atom is 0.326 e. The smallest absolute Gasteiger partial charge is 0.326 e. The summed E-state index contributed by atoms with van der Waals surface area (Å²) < 4.78 is 5.15. The minimum absolute atomic E-state index is 0.0903. The fourth-order valence-corrected chi connectivity index (χ4v) is 1.80. The highest BCUT2D eigenvalue weighted by molar-refractivity contribution is 5.84. The molecule has 16 heavy (non-hydrogen) atoms. The van der Waals surface area contributed by atoms with Gasteiger partial charge < -0.3 is 15.2 Å². The van der Waals surface area contributed by atoms with Crippen LogP contribution in [0.1, 0.15) is 32.6 Å². The van der Waals surface area contributed by atoms with Crippen LogP contribution in [0, 0.1) is 5.92 Å². The van der Waals surface area contributed by atoms with E-state index in [1.54, 1.807) is 0 Å². The standard InChI is InChI=1S/C11H19NO4/c1-2-3-9(11(14)15)12-10(13)8-4-6-16-7-5-8/h8-9H,2-7H2,1H3,(H,12,13)(H,14,15). The Hall–Kier alpha value is -1.10. The topological polar surface area (TPSA) is 75.6 Å². The lowest BCUT2D eigenvalue weighted by Crippen LogP contribution is -2.44. The van der Waals surface area contributed by atoms with Crippen molar-refractivity contribution >= 4 is 11.9 Å². The molecule has 0 aromatic heterocycles. The first-order chi connectivity index (χ1) is 7.65. The molecule has 0 radical (unpaired) electrons. The second-order valence-corrected chi connectivity index (χ2v) is 4.07. The molecule has 0 aromatic rings. The molecule has 0 spiro atoms. The van der Waals surface area contributed by atoms with E-state index in [2.05, 4.69) is 5.32 Å². The van der Waals surface area contributed by atoms with Crippen molar-refractivity contribution in [3.05, 3.63) is 0 Å². The molecular weight excluding hydrogens is 210 g/mol. The van der Waals surface area contributed by atoms with Gasteiger partial charge in [0.25, 0.3) is 0 Å². The SMILES string of the molecule is CCCC(NC(=O)C1CCOCC1)C(=O)O. The Morgan fingerprint density at radius 3 is 2.56 bits per heavy atom. The Balaban J connectivity index is 2.43. The Morgan fingerprint density at radius 2 is 2.06 bits per heavy atom. The summed E-state index contributed by atoms with van der Waals surface area (Å²) in [6.07, 6.45) is 2.59. The zero-order valence-electron chi connectivity index (χ0n) is 9.57. The molecule has 5 nitrogen and oxygen atoms in total. The fourth-order valence-electron chi connectivity index (χ4n) is 1.80. The van der Waals surface area contributed by atoms with Crippen LogP contribution < -0.4 is 5.32 Å². The quantitative estimate of drug-likeness (QED) is 0.730. The molecule has 0 bridgehead atoms. The summed E-state index contributed by atoms with van der Waals surface area (Å²) in [5, 5.41) is 11.5. The van der Waals surface area contributed by atoms with Crippen LogP contribution in [-0.4, -0.2) is 36.2 Å². The molecule has 1 atom stereocenters. The average Bonchev–Trinajstić information content (AvgIpc) is 2.29. The van der Waals surface area contributed by atoms with E-state index in [4.69, 9.17) is 9.84 Å². The van der Waals surface area contributed by atoms with Gasteiger partial charge in [-0.3, -0.25) is 4.79 Å². The first kappa shape index (κ1) is 13.0. The Bertz CT molecular complexity index is 248. The first-order valence-corrected chi connectivity index (χ1v) is 5.76. The van der Waals surface area contributed by atoms with Crippen LogP contribution in [0.2, 0.25) is 0 Å². The zero-order chi connectivity index (χ0) is 12.0. The van der Waals surface area contributed by atoms with Crippen molar-refractivity contribution in [3.63, 3.8) is 0 Å². The van der Waals surface area contributed by atoms with Crippen LogP contribution in [0.3, 0.4) is 0 Å². The van der Waals surface area contributed by atoms with Gasteiger partial charge in [0.05, 0.1) is 0 Å². The summed E-state index contributed by atoms with van der Waals surface area (Å²) in [6, 6.07) is -0.750. The summed E-state index contributed by atoms with van der Waals surface area (Å²) in [6.45, 7) is 3.07.